The van der Waals surface area contributed by atoms with Crippen molar-refractivity contribution >= 4 is 23.1 Å². The van der Waals surface area contributed by atoms with Crippen LogP contribution in [0.5, 0.6) is 0 Å². The minimum atomic E-state index is -0.00412. The number of pyridine rings is 1. The van der Waals surface area contributed by atoms with Crippen molar-refractivity contribution < 1.29 is 4.79 Å². The molecule has 0 atom stereocenters. The number of aromatic nitrogens is 1. The molecule has 0 aliphatic rings. The fourth-order valence-corrected chi connectivity index (χ4v) is 1.93. The van der Waals surface area contributed by atoms with Gasteiger partial charge in [0, 0.05) is 31.4 Å². The molecule has 0 fully saturated rings. The summed E-state index contributed by atoms with van der Waals surface area (Å²) < 4.78 is 0. The Balaban J connectivity index is 2.87. The standard InChI is InChI=1S/C14H21N3OS/c1-10(2)9-17(8-6-13(15)19)14(18)12-5-4-7-16-11(12)3/h4-5,7,10H,6,8-9H2,1-3H3,(H2,15,19). The third-order valence-electron chi connectivity index (χ3n) is 2.74. The molecule has 0 unspecified atom stereocenters. The summed E-state index contributed by atoms with van der Waals surface area (Å²) in [5, 5.41) is 0. The van der Waals surface area contributed by atoms with Crippen molar-refractivity contribution in [2.75, 3.05) is 13.1 Å². The van der Waals surface area contributed by atoms with E-state index in [9.17, 15) is 4.79 Å². The lowest BCUT2D eigenvalue weighted by atomic mass is 10.1. The van der Waals surface area contributed by atoms with E-state index >= 15 is 0 Å². The van der Waals surface area contributed by atoms with Crippen LogP contribution in [0.4, 0.5) is 0 Å². The zero-order chi connectivity index (χ0) is 14.4. The van der Waals surface area contributed by atoms with Gasteiger partial charge in [-0.2, -0.15) is 0 Å². The maximum atomic E-state index is 12.5. The van der Waals surface area contributed by atoms with Crippen LogP contribution in [0.3, 0.4) is 0 Å². The second-order valence-corrected chi connectivity index (χ2v) is 5.52. The summed E-state index contributed by atoms with van der Waals surface area (Å²) in [5.41, 5.74) is 6.91. The fourth-order valence-electron chi connectivity index (χ4n) is 1.84. The van der Waals surface area contributed by atoms with Gasteiger partial charge in [-0.05, 0) is 25.0 Å². The highest BCUT2D eigenvalue weighted by Crippen LogP contribution is 2.11. The van der Waals surface area contributed by atoms with Crippen LogP contribution in [0.15, 0.2) is 18.3 Å². The van der Waals surface area contributed by atoms with Crippen molar-refractivity contribution in [3.05, 3.63) is 29.6 Å². The summed E-state index contributed by atoms with van der Waals surface area (Å²) in [6.45, 7) is 7.25. The molecule has 104 valence electrons. The first-order chi connectivity index (χ1) is 8.91. The predicted octanol–water partition coefficient (Wildman–Crippen LogP) is 2.16. The predicted molar refractivity (Wildman–Crippen MR) is 81.1 cm³/mol. The van der Waals surface area contributed by atoms with Crippen LogP contribution in [0.25, 0.3) is 0 Å². The molecule has 4 nitrogen and oxygen atoms in total. The van der Waals surface area contributed by atoms with Crippen LogP contribution in [0.1, 0.15) is 36.3 Å². The van der Waals surface area contributed by atoms with Crippen molar-refractivity contribution in [3.8, 4) is 0 Å². The van der Waals surface area contributed by atoms with Gasteiger partial charge in [-0.3, -0.25) is 9.78 Å². The monoisotopic (exact) mass is 279 g/mol. The lowest BCUT2D eigenvalue weighted by Crippen LogP contribution is -2.37. The number of carbonyl (C=O) groups excluding carboxylic acids is 1. The summed E-state index contributed by atoms with van der Waals surface area (Å²) in [4.78, 5) is 18.9. The fraction of sp³-hybridized carbons (Fsp3) is 0.500. The molecule has 5 heteroatoms. The van der Waals surface area contributed by atoms with Gasteiger partial charge < -0.3 is 10.6 Å². The van der Waals surface area contributed by atoms with Crippen LogP contribution >= 0.6 is 12.2 Å². The minimum absolute atomic E-state index is 0.00412. The van der Waals surface area contributed by atoms with Gasteiger partial charge >= 0.3 is 0 Å². The highest BCUT2D eigenvalue weighted by molar-refractivity contribution is 7.80. The Bertz CT molecular complexity index is 460. The third kappa shape index (κ3) is 4.95. The van der Waals surface area contributed by atoms with Crippen LogP contribution in [-0.4, -0.2) is 33.9 Å². The largest absolute Gasteiger partial charge is 0.393 e. The lowest BCUT2D eigenvalue weighted by Gasteiger charge is -2.25. The van der Waals surface area contributed by atoms with E-state index in [2.05, 4.69) is 18.8 Å². The molecule has 0 saturated heterocycles. The number of nitrogens with two attached hydrogens (primary N) is 1. The Labute approximate surface area is 120 Å². The van der Waals surface area contributed by atoms with E-state index in [-0.39, 0.29) is 5.91 Å². The number of hydrogen-bond acceptors (Lipinski definition) is 3. The van der Waals surface area contributed by atoms with Gasteiger partial charge in [0.2, 0.25) is 0 Å². The number of rotatable bonds is 6. The molecule has 0 radical (unpaired) electrons. The maximum absolute atomic E-state index is 12.5. The topological polar surface area (TPSA) is 59.2 Å². The van der Waals surface area contributed by atoms with Gasteiger partial charge in [-0.15, -0.1) is 0 Å². The number of amides is 1. The van der Waals surface area contributed by atoms with Crippen LogP contribution in [0, 0.1) is 12.8 Å². The summed E-state index contributed by atoms with van der Waals surface area (Å²) in [6, 6.07) is 3.58. The highest BCUT2D eigenvalue weighted by atomic mass is 32.1. The SMILES string of the molecule is Cc1ncccc1C(=O)N(CCC(N)=S)CC(C)C. The molecule has 1 aromatic heterocycles. The van der Waals surface area contributed by atoms with Crippen molar-refractivity contribution in [1.29, 1.82) is 0 Å². The molecule has 1 amide bonds. The molecule has 0 bridgehead atoms. The molecule has 0 aliphatic carbocycles. The molecule has 1 aromatic rings. The van der Waals surface area contributed by atoms with Crippen molar-refractivity contribution in [1.82, 2.24) is 9.88 Å². The Morgan fingerprint density at radius 3 is 2.74 bits per heavy atom. The third-order valence-corrected chi connectivity index (χ3v) is 2.94. The summed E-state index contributed by atoms with van der Waals surface area (Å²) >= 11 is 4.88. The molecule has 0 spiro atoms. The van der Waals surface area contributed by atoms with Crippen molar-refractivity contribution in [2.45, 2.75) is 27.2 Å². The first-order valence-corrected chi connectivity index (χ1v) is 6.81. The molecule has 1 rings (SSSR count). The Hall–Kier alpha value is -1.49. The van der Waals surface area contributed by atoms with Crippen molar-refractivity contribution in [2.24, 2.45) is 11.7 Å². The average Bonchev–Trinajstić information content (AvgIpc) is 2.33. The summed E-state index contributed by atoms with van der Waals surface area (Å²) in [6.07, 6.45) is 2.24. The zero-order valence-electron chi connectivity index (χ0n) is 11.7. The second-order valence-electron chi connectivity index (χ2n) is 5.00. The zero-order valence-corrected chi connectivity index (χ0v) is 12.5. The number of thiocarbonyl (C=S) groups is 1. The summed E-state index contributed by atoms with van der Waals surface area (Å²) in [7, 11) is 0. The smallest absolute Gasteiger partial charge is 0.255 e. The summed E-state index contributed by atoms with van der Waals surface area (Å²) in [5.74, 6) is 0.392. The van der Waals surface area contributed by atoms with Gasteiger partial charge in [-0.1, -0.05) is 26.1 Å². The molecule has 0 aromatic carbocycles. The minimum Gasteiger partial charge on any atom is -0.393 e. The maximum Gasteiger partial charge on any atom is 0.255 e. The van der Waals surface area contributed by atoms with Crippen LogP contribution in [-0.2, 0) is 0 Å². The van der Waals surface area contributed by atoms with Gasteiger partial charge in [0.25, 0.3) is 5.91 Å². The highest BCUT2D eigenvalue weighted by Gasteiger charge is 2.18. The Kier molecular flexibility index (Phi) is 5.89. The van der Waals surface area contributed by atoms with E-state index in [1.54, 1.807) is 23.2 Å². The normalized spacial score (nSPS) is 10.5. The first kappa shape index (κ1) is 15.6. The van der Waals surface area contributed by atoms with Gasteiger partial charge in [-0.25, -0.2) is 0 Å². The molecule has 2 N–H and O–H groups in total. The quantitative estimate of drug-likeness (QED) is 0.811. The van der Waals surface area contributed by atoms with Crippen molar-refractivity contribution in [3.63, 3.8) is 0 Å². The molecular weight excluding hydrogens is 258 g/mol. The van der Waals surface area contributed by atoms with E-state index in [1.165, 1.54) is 0 Å². The average molecular weight is 279 g/mol. The molecule has 0 aliphatic heterocycles. The second kappa shape index (κ2) is 7.19. The Morgan fingerprint density at radius 1 is 1.53 bits per heavy atom. The number of aryl methyl sites for hydroxylation is 1. The van der Waals surface area contributed by atoms with E-state index in [0.717, 1.165) is 5.69 Å². The Morgan fingerprint density at radius 2 is 2.21 bits per heavy atom. The van der Waals surface area contributed by atoms with E-state index < -0.39 is 0 Å². The van der Waals surface area contributed by atoms with Crippen LogP contribution < -0.4 is 5.73 Å². The first-order valence-electron chi connectivity index (χ1n) is 6.41. The lowest BCUT2D eigenvalue weighted by molar-refractivity contribution is 0.0740. The van der Waals surface area contributed by atoms with Crippen LogP contribution in [0.2, 0.25) is 0 Å². The van der Waals surface area contributed by atoms with Gasteiger partial charge in [0.1, 0.15) is 0 Å². The van der Waals surface area contributed by atoms with E-state index in [1.807, 2.05) is 6.92 Å². The molecule has 19 heavy (non-hydrogen) atoms. The molecule has 1 heterocycles. The van der Waals surface area contributed by atoms with Gasteiger partial charge in [0.05, 0.1) is 10.6 Å². The molecular formula is C14H21N3OS. The number of hydrogen-bond donors (Lipinski definition) is 1. The van der Waals surface area contributed by atoms with E-state index in [0.29, 0.717) is 36.0 Å². The van der Waals surface area contributed by atoms with E-state index in [4.69, 9.17) is 18.0 Å². The number of nitrogens with zero attached hydrogens (tertiary/aromatic N) is 2. The molecule has 0 saturated carbocycles. The van der Waals surface area contributed by atoms with Gasteiger partial charge in [0.15, 0.2) is 0 Å². The number of carbonyl (C=O) groups is 1.